The van der Waals surface area contributed by atoms with Crippen LogP contribution >= 0.6 is 0 Å². The standard InChI is InChI=1S/C13H14O5/c14-9-3-2-8(12(15)13(9)16)7-1-4-10-11(5-7)18-6-17-10/h1-5,8-9,12-16H,6H2/t8-,9-,12+,13+/m0/s1. The van der Waals surface area contributed by atoms with E-state index in [1.54, 1.807) is 18.2 Å². The van der Waals surface area contributed by atoms with Crippen molar-refractivity contribution in [1.82, 2.24) is 0 Å². The maximum Gasteiger partial charge on any atom is 0.231 e. The van der Waals surface area contributed by atoms with Crippen LogP contribution in [0.5, 0.6) is 11.5 Å². The summed E-state index contributed by atoms with van der Waals surface area (Å²) in [7, 11) is 0. The van der Waals surface area contributed by atoms with Crippen LogP contribution in [-0.2, 0) is 0 Å². The van der Waals surface area contributed by atoms with Crippen molar-refractivity contribution in [2.45, 2.75) is 24.2 Å². The summed E-state index contributed by atoms with van der Waals surface area (Å²) in [6, 6.07) is 5.37. The Morgan fingerprint density at radius 2 is 1.72 bits per heavy atom. The first-order valence-corrected chi connectivity index (χ1v) is 5.79. The molecule has 18 heavy (non-hydrogen) atoms. The highest BCUT2D eigenvalue weighted by molar-refractivity contribution is 5.46. The number of aliphatic hydroxyl groups is 3. The van der Waals surface area contributed by atoms with Crippen LogP contribution in [0.2, 0.25) is 0 Å². The zero-order valence-corrected chi connectivity index (χ0v) is 9.56. The molecule has 0 spiro atoms. The summed E-state index contributed by atoms with van der Waals surface area (Å²) in [6.45, 7) is 0.198. The van der Waals surface area contributed by atoms with Crippen LogP contribution in [0.25, 0.3) is 0 Å². The Labute approximate surface area is 104 Å². The molecule has 1 aromatic rings. The van der Waals surface area contributed by atoms with Gasteiger partial charge in [0.1, 0.15) is 12.2 Å². The second-order valence-electron chi connectivity index (χ2n) is 4.50. The molecule has 0 bridgehead atoms. The smallest absolute Gasteiger partial charge is 0.231 e. The van der Waals surface area contributed by atoms with Crippen molar-refractivity contribution in [2.75, 3.05) is 6.79 Å². The van der Waals surface area contributed by atoms with Gasteiger partial charge in [0.15, 0.2) is 11.5 Å². The van der Waals surface area contributed by atoms with E-state index in [0.717, 1.165) is 5.56 Å². The SMILES string of the molecule is O[C@H]1[C@H](O)[C@H](c2ccc3c(c2)OCO3)C=C[C@@H]1O. The summed E-state index contributed by atoms with van der Waals surface area (Å²) < 4.78 is 10.5. The highest BCUT2D eigenvalue weighted by Gasteiger charge is 2.34. The molecule has 5 nitrogen and oxygen atoms in total. The number of rotatable bonds is 1. The average molecular weight is 250 g/mol. The van der Waals surface area contributed by atoms with Crippen LogP contribution in [0.3, 0.4) is 0 Å². The van der Waals surface area contributed by atoms with Gasteiger partial charge in [-0.1, -0.05) is 18.2 Å². The number of fused-ring (bicyclic) bond motifs is 1. The van der Waals surface area contributed by atoms with Crippen molar-refractivity contribution in [2.24, 2.45) is 0 Å². The molecule has 1 aliphatic heterocycles. The van der Waals surface area contributed by atoms with Crippen molar-refractivity contribution in [3.63, 3.8) is 0 Å². The third-order valence-corrected chi connectivity index (χ3v) is 3.36. The van der Waals surface area contributed by atoms with Crippen LogP contribution in [0.1, 0.15) is 11.5 Å². The van der Waals surface area contributed by atoms with E-state index < -0.39 is 18.3 Å². The van der Waals surface area contributed by atoms with Gasteiger partial charge in [0.2, 0.25) is 6.79 Å². The molecule has 0 radical (unpaired) electrons. The first-order valence-electron chi connectivity index (χ1n) is 5.79. The lowest BCUT2D eigenvalue weighted by Crippen LogP contribution is -2.42. The number of hydrogen-bond acceptors (Lipinski definition) is 5. The summed E-state index contributed by atoms with van der Waals surface area (Å²) >= 11 is 0. The summed E-state index contributed by atoms with van der Waals surface area (Å²) in [4.78, 5) is 0. The van der Waals surface area contributed by atoms with E-state index >= 15 is 0 Å². The molecule has 96 valence electrons. The van der Waals surface area contributed by atoms with E-state index in [2.05, 4.69) is 0 Å². The molecule has 0 saturated carbocycles. The van der Waals surface area contributed by atoms with Gasteiger partial charge in [-0.05, 0) is 17.7 Å². The topological polar surface area (TPSA) is 79.2 Å². The zero-order valence-electron chi connectivity index (χ0n) is 9.56. The molecule has 0 saturated heterocycles. The summed E-state index contributed by atoms with van der Waals surface area (Å²) in [5, 5.41) is 29.1. The molecule has 1 heterocycles. The molecular weight excluding hydrogens is 236 g/mol. The first kappa shape index (κ1) is 11.5. The first-order chi connectivity index (χ1) is 8.66. The minimum Gasteiger partial charge on any atom is -0.454 e. The monoisotopic (exact) mass is 250 g/mol. The molecule has 0 fully saturated rings. The lowest BCUT2D eigenvalue weighted by Gasteiger charge is -2.31. The Kier molecular flexibility index (Phi) is 2.74. The van der Waals surface area contributed by atoms with Gasteiger partial charge in [-0.25, -0.2) is 0 Å². The molecule has 0 amide bonds. The van der Waals surface area contributed by atoms with E-state index in [9.17, 15) is 15.3 Å². The second kappa shape index (κ2) is 4.28. The minimum absolute atomic E-state index is 0.198. The molecule has 2 aliphatic rings. The van der Waals surface area contributed by atoms with Gasteiger partial charge in [0.25, 0.3) is 0 Å². The molecule has 0 aromatic heterocycles. The molecule has 4 atom stereocenters. The molecule has 3 rings (SSSR count). The molecule has 1 aliphatic carbocycles. The Hall–Kier alpha value is -1.56. The van der Waals surface area contributed by atoms with Gasteiger partial charge < -0.3 is 24.8 Å². The third-order valence-electron chi connectivity index (χ3n) is 3.36. The van der Waals surface area contributed by atoms with E-state index in [1.807, 2.05) is 6.07 Å². The largest absolute Gasteiger partial charge is 0.454 e. The predicted molar refractivity (Wildman–Crippen MR) is 62.5 cm³/mol. The predicted octanol–water partition coefficient (Wildman–Crippen LogP) is 0.151. The number of aliphatic hydroxyl groups excluding tert-OH is 3. The Balaban J connectivity index is 1.93. The highest BCUT2D eigenvalue weighted by Crippen LogP contribution is 2.37. The van der Waals surface area contributed by atoms with Gasteiger partial charge in [0, 0.05) is 5.92 Å². The van der Waals surface area contributed by atoms with Gasteiger partial charge in [-0.3, -0.25) is 0 Å². The van der Waals surface area contributed by atoms with Crippen molar-refractivity contribution in [1.29, 1.82) is 0 Å². The van der Waals surface area contributed by atoms with Crippen LogP contribution in [-0.4, -0.2) is 40.4 Å². The summed E-state index contributed by atoms with van der Waals surface area (Å²) in [6.07, 6.45) is -0.0484. The van der Waals surface area contributed by atoms with Gasteiger partial charge in [-0.2, -0.15) is 0 Å². The highest BCUT2D eigenvalue weighted by atomic mass is 16.7. The quantitative estimate of drug-likeness (QED) is 0.618. The van der Waals surface area contributed by atoms with Crippen molar-refractivity contribution < 1.29 is 24.8 Å². The maximum absolute atomic E-state index is 9.98. The lowest BCUT2D eigenvalue weighted by molar-refractivity contribution is -0.0530. The van der Waals surface area contributed by atoms with Crippen LogP contribution < -0.4 is 9.47 Å². The molecular formula is C13H14O5. The van der Waals surface area contributed by atoms with Gasteiger partial charge >= 0.3 is 0 Å². The normalized spacial score (nSPS) is 33.7. The summed E-state index contributed by atoms with van der Waals surface area (Å²) in [5.41, 5.74) is 0.814. The molecule has 5 heteroatoms. The van der Waals surface area contributed by atoms with E-state index in [-0.39, 0.29) is 12.7 Å². The fourth-order valence-electron chi connectivity index (χ4n) is 2.30. The molecule has 1 aromatic carbocycles. The van der Waals surface area contributed by atoms with E-state index in [1.165, 1.54) is 6.08 Å². The number of benzene rings is 1. The molecule has 3 N–H and O–H groups in total. The average Bonchev–Trinajstić information content (AvgIpc) is 2.83. The van der Waals surface area contributed by atoms with Crippen LogP contribution in [0, 0.1) is 0 Å². The van der Waals surface area contributed by atoms with E-state index in [0.29, 0.717) is 11.5 Å². The minimum atomic E-state index is -1.18. The van der Waals surface area contributed by atoms with Gasteiger partial charge in [-0.15, -0.1) is 0 Å². The zero-order chi connectivity index (χ0) is 12.7. The van der Waals surface area contributed by atoms with Crippen LogP contribution in [0.4, 0.5) is 0 Å². The van der Waals surface area contributed by atoms with Crippen molar-refractivity contribution in [3.05, 3.63) is 35.9 Å². The third kappa shape index (κ3) is 1.77. The molecule has 0 unspecified atom stereocenters. The van der Waals surface area contributed by atoms with Crippen molar-refractivity contribution in [3.8, 4) is 11.5 Å². The maximum atomic E-state index is 9.98. The fraction of sp³-hybridized carbons (Fsp3) is 0.385. The van der Waals surface area contributed by atoms with Gasteiger partial charge in [0.05, 0.1) is 6.10 Å². The Morgan fingerprint density at radius 3 is 2.56 bits per heavy atom. The Bertz CT molecular complexity index is 484. The van der Waals surface area contributed by atoms with Crippen molar-refractivity contribution >= 4 is 0 Å². The van der Waals surface area contributed by atoms with Crippen LogP contribution in [0.15, 0.2) is 30.4 Å². The number of hydrogen-bond donors (Lipinski definition) is 3. The summed E-state index contributed by atoms with van der Waals surface area (Å²) in [5.74, 6) is 0.945. The number of ether oxygens (including phenoxy) is 2. The fourth-order valence-corrected chi connectivity index (χ4v) is 2.30. The second-order valence-corrected chi connectivity index (χ2v) is 4.50. The van der Waals surface area contributed by atoms with E-state index in [4.69, 9.17) is 9.47 Å². The lowest BCUT2D eigenvalue weighted by atomic mass is 9.84. The Morgan fingerprint density at radius 1 is 0.944 bits per heavy atom.